The van der Waals surface area contributed by atoms with Crippen molar-refractivity contribution < 1.29 is 4.79 Å². The highest BCUT2D eigenvalue weighted by atomic mass is 35.5. The van der Waals surface area contributed by atoms with E-state index >= 15 is 0 Å². The fourth-order valence-electron chi connectivity index (χ4n) is 0.611. The molecular weight excluding hydrogens is 195 g/mol. The van der Waals surface area contributed by atoms with Gasteiger partial charge in [-0.05, 0) is 29.8 Å². The van der Waals surface area contributed by atoms with Crippen molar-refractivity contribution in [1.82, 2.24) is 0 Å². The Kier molecular flexibility index (Phi) is 5.77. The van der Waals surface area contributed by atoms with Crippen LogP contribution >= 0.6 is 23.2 Å². The number of carbonyl (C=O) groups is 1. The van der Waals surface area contributed by atoms with E-state index in [-0.39, 0.29) is 0 Å². The Labute approximate surface area is 82.3 Å². The molecular formula is C9H10Cl2O. The average Bonchev–Trinajstić information content (AvgIpc) is 2.08. The van der Waals surface area contributed by atoms with Crippen molar-refractivity contribution in [2.45, 2.75) is 13.8 Å². The van der Waals surface area contributed by atoms with Gasteiger partial charge in [-0.3, -0.25) is 4.79 Å². The van der Waals surface area contributed by atoms with E-state index in [0.717, 1.165) is 0 Å². The lowest BCUT2D eigenvalue weighted by Gasteiger charge is -1.91. The van der Waals surface area contributed by atoms with Gasteiger partial charge in [0.25, 0.3) is 5.24 Å². The van der Waals surface area contributed by atoms with Crippen LogP contribution in [0.2, 0.25) is 5.02 Å². The molecule has 0 aliphatic carbocycles. The fourth-order valence-corrected chi connectivity index (χ4v) is 0.919. The van der Waals surface area contributed by atoms with Crippen molar-refractivity contribution in [3.8, 4) is 0 Å². The Morgan fingerprint density at radius 1 is 1.33 bits per heavy atom. The Morgan fingerprint density at radius 2 is 1.92 bits per heavy atom. The first-order chi connectivity index (χ1) is 5.70. The van der Waals surface area contributed by atoms with Crippen molar-refractivity contribution in [1.29, 1.82) is 0 Å². The van der Waals surface area contributed by atoms with Gasteiger partial charge in [0.2, 0.25) is 0 Å². The van der Waals surface area contributed by atoms with Crippen LogP contribution in [0.4, 0.5) is 0 Å². The maximum absolute atomic E-state index is 10.5. The Balaban J connectivity index is 0.000000561. The van der Waals surface area contributed by atoms with Gasteiger partial charge in [0.15, 0.2) is 0 Å². The minimum Gasteiger partial charge on any atom is -0.276 e. The van der Waals surface area contributed by atoms with Crippen LogP contribution in [0.1, 0.15) is 24.2 Å². The monoisotopic (exact) mass is 204 g/mol. The lowest BCUT2D eigenvalue weighted by atomic mass is 10.2. The summed E-state index contributed by atoms with van der Waals surface area (Å²) in [6, 6.07) is 6.50. The van der Waals surface area contributed by atoms with Crippen LogP contribution in [0.5, 0.6) is 0 Å². The predicted molar refractivity (Wildman–Crippen MR) is 53.0 cm³/mol. The number of rotatable bonds is 1. The molecule has 12 heavy (non-hydrogen) atoms. The van der Waals surface area contributed by atoms with E-state index < -0.39 is 5.24 Å². The standard InChI is InChI=1S/C7H4Cl2O.C2H6/c8-6-3-1-2-5(4-6)7(9)10;1-2/h1-4H;1-2H3. The van der Waals surface area contributed by atoms with E-state index in [1.54, 1.807) is 18.2 Å². The minimum atomic E-state index is -0.484. The quantitative estimate of drug-likeness (QED) is 0.638. The molecule has 0 N–H and O–H groups in total. The number of hydrogen-bond acceptors (Lipinski definition) is 1. The molecule has 1 nitrogen and oxygen atoms in total. The predicted octanol–water partition coefficient (Wildman–Crippen LogP) is 3.75. The SMILES string of the molecule is CC.O=C(Cl)c1cccc(Cl)c1. The zero-order valence-electron chi connectivity index (χ0n) is 6.97. The van der Waals surface area contributed by atoms with Gasteiger partial charge in [-0.15, -0.1) is 0 Å². The van der Waals surface area contributed by atoms with Gasteiger partial charge >= 0.3 is 0 Å². The normalized spacial score (nSPS) is 8.33. The molecule has 0 radical (unpaired) electrons. The molecule has 0 saturated carbocycles. The van der Waals surface area contributed by atoms with Gasteiger partial charge in [-0.1, -0.05) is 31.5 Å². The highest BCUT2D eigenvalue weighted by Crippen LogP contribution is 2.11. The van der Waals surface area contributed by atoms with Crippen LogP contribution in [-0.4, -0.2) is 5.24 Å². The Morgan fingerprint density at radius 3 is 2.25 bits per heavy atom. The molecule has 1 rings (SSSR count). The summed E-state index contributed by atoms with van der Waals surface area (Å²) in [5, 5.41) is 0.0361. The molecule has 1 aromatic carbocycles. The number of carbonyl (C=O) groups excluding carboxylic acids is 1. The van der Waals surface area contributed by atoms with E-state index in [9.17, 15) is 4.79 Å². The summed E-state index contributed by atoms with van der Waals surface area (Å²) in [5.74, 6) is 0. The summed E-state index contributed by atoms with van der Waals surface area (Å²) in [6.07, 6.45) is 0. The zero-order chi connectivity index (χ0) is 9.56. The molecule has 0 atom stereocenters. The second-order valence-corrected chi connectivity index (χ2v) is 2.56. The molecule has 3 heteroatoms. The molecule has 0 amide bonds. The van der Waals surface area contributed by atoms with Gasteiger partial charge in [-0.25, -0.2) is 0 Å². The molecule has 0 unspecified atom stereocenters. The summed E-state index contributed by atoms with van der Waals surface area (Å²) in [7, 11) is 0. The Bertz CT molecular complexity index is 258. The summed E-state index contributed by atoms with van der Waals surface area (Å²) < 4.78 is 0. The smallest absolute Gasteiger partial charge is 0.252 e. The van der Waals surface area contributed by atoms with Crippen molar-refractivity contribution in [3.63, 3.8) is 0 Å². The Hall–Kier alpha value is -0.530. The van der Waals surface area contributed by atoms with E-state index in [2.05, 4.69) is 0 Å². The van der Waals surface area contributed by atoms with Crippen molar-refractivity contribution in [2.75, 3.05) is 0 Å². The third-order valence-electron chi connectivity index (χ3n) is 1.05. The first-order valence-electron chi connectivity index (χ1n) is 3.65. The van der Waals surface area contributed by atoms with Gasteiger partial charge in [0.1, 0.15) is 0 Å². The lowest BCUT2D eigenvalue weighted by Crippen LogP contribution is -1.86. The van der Waals surface area contributed by atoms with Crippen LogP contribution in [0.3, 0.4) is 0 Å². The molecule has 0 saturated heterocycles. The number of halogens is 2. The first kappa shape index (κ1) is 11.5. The molecule has 1 aromatic rings. The fraction of sp³-hybridized carbons (Fsp3) is 0.222. The van der Waals surface area contributed by atoms with Crippen molar-refractivity contribution >= 4 is 28.4 Å². The second kappa shape index (κ2) is 6.04. The summed E-state index contributed by atoms with van der Waals surface area (Å²) in [4.78, 5) is 10.5. The summed E-state index contributed by atoms with van der Waals surface area (Å²) in [5.41, 5.74) is 0.425. The number of benzene rings is 1. The van der Waals surface area contributed by atoms with Crippen LogP contribution in [-0.2, 0) is 0 Å². The van der Waals surface area contributed by atoms with E-state index in [0.29, 0.717) is 10.6 Å². The molecule has 0 aliphatic heterocycles. The van der Waals surface area contributed by atoms with Crippen LogP contribution in [0, 0.1) is 0 Å². The highest BCUT2D eigenvalue weighted by Gasteiger charge is 1.99. The van der Waals surface area contributed by atoms with Crippen LogP contribution < -0.4 is 0 Å². The minimum absolute atomic E-state index is 0.425. The first-order valence-corrected chi connectivity index (χ1v) is 4.41. The molecule has 66 valence electrons. The van der Waals surface area contributed by atoms with E-state index in [1.807, 2.05) is 13.8 Å². The average molecular weight is 205 g/mol. The molecule has 0 fully saturated rings. The van der Waals surface area contributed by atoms with Crippen molar-refractivity contribution in [3.05, 3.63) is 34.9 Å². The van der Waals surface area contributed by atoms with Gasteiger partial charge in [-0.2, -0.15) is 0 Å². The second-order valence-electron chi connectivity index (χ2n) is 1.78. The largest absolute Gasteiger partial charge is 0.276 e. The highest BCUT2D eigenvalue weighted by molar-refractivity contribution is 6.67. The molecule has 0 bridgehead atoms. The van der Waals surface area contributed by atoms with Crippen molar-refractivity contribution in [2.24, 2.45) is 0 Å². The van der Waals surface area contributed by atoms with Gasteiger partial charge in [0, 0.05) is 10.6 Å². The number of hydrogen-bond donors (Lipinski definition) is 0. The zero-order valence-corrected chi connectivity index (χ0v) is 8.49. The van der Waals surface area contributed by atoms with E-state index in [4.69, 9.17) is 23.2 Å². The third-order valence-corrected chi connectivity index (χ3v) is 1.50. The van der Waals surface area contributed by atoms with Gasteiger partial charge < -0.3 is 0 Å². The molecule has 0 spiro atoms. The maximum Gasteiger partial charge on any atom is 0.252 e. The van der Waals surface area contributed by atoms with Gasteiger partial charge in [0.05, 0.1) is 0 Å². The third kappa shape index (κ3) is 3.74. The summed E-state index contributed by atoms with van der Waals surface area (Å²) >= 11 is 10.8. The topological polar surface area (TPSA) is 17.1 Å². The molecule has 0 heterocycles. The lowest BCUT2D eigenvalue weighted by molar-refractivity contribution is 0.108. The van der Waals surface area contributed by atoms with Crippen LogP contribution in [0.25, 0.3) is 0 Å². The summed E-state index contributed by atoms with van der Waals surface area (Å²) in [6.45, 7) is 4.00. The maximum atomic E-state index is 10.5. The molecule has 0 aliphatic rings. The molecule has 0 aromatic heterocycles. The van der Waals surface area contributed by atoms with E-state index in [1.165, 1.54) is 6.07 Å². The van der Waals surface area contributed by atoms with Crippen LogP contribution in [0.15, 0.2) is 24.3 Å².